The first kappa shape index (κ1) is 10.7. The summed E-state index contributed by atoms with van der Waals surface area (Å²) in [5, 5.41) is 0. The van der Waals surface area contributed by atoms with Crippen molar-refractivity contribution in [3.05, 3.63) is 35.9 Å². The Balaban J connectivity index is 2.94. The lowest BCUT2D eigenvalue weighted by molar-refractivity contribution is -0.124. The largest absolute Gasteiger partial charge is 0.367 e. The number of hydrogen-bond acceptors (Lipinski definition) is 4. The van der Waals surface area contributed by atoms with Crippen LogP contribution in [0.5, 0.6) is 0 Å². The van der Waals surface area contributed by atoms with Crippen LogP contribution in [-0.4, -0.2) is 14.3 Å². The van der Waals surface area contributed by atoms with Gasteiger partial charge in [0.1, 0.15) is 0 Å². The number of rotatable bonds is 4. The topological polar surface area (TPSA) is 86.5 Å². The molecule has 1 atom stereocenters. The maximum absolute atomic E-state index is 10.9. The van der Waals surface area contributed by atoms with Gasteiger partial charge in [0, 0.05) is 0 Å². The zero-order valence-electron chi connectivity index (χ0n) is 7.12. The van der Waals surface area contributed by atoms with Crippen molar-refractivity contribution in [3.8, 4) is 0 Å². The van der Waals surface area contributed by atoms with E-state index in [1.807, 2.05) is 0 Å². The maximum atomic E-state index is 10.9. The van der Waals surface area contributed by atoms with E-state index in [1.54, 1.807) is 30.3 Å². The quantitative estimate of drug-likeness (QED) is 0.678. The lowest BCUT2D eigenvalue weighted by Crippen LogP contribution is -2.23. The Labute approximate surface area is 82.6 Å². The maximum Gasteiger partial charge on any atom is 0.258 e. The molecule has 14 heavy (non-hydrogen) atoms. The average Bonchev–Trinajstić information content (AvgIpc) is 2.15. The number of amides is 1. The van der Waals surface area contributed by atoms with Crippen LogP contribution in [-0.2, 0) is 20.0 Å². The second kappa shape index (κ2) is 4.73. The number of carbonyl (C=O) groups is 1. The molecule has 76 valence electrons. The molecule has 1 unspecified atom stereocenters. The van der Waals surface area contributed by atoms with Gasteiger partial charge in [0.05, 0.1) is 0 Å². The zero-order chi connectivity index (χ0) is 10.6. The molecule has 1 amide bonds. The number of carbonyl (C=O) groups excluding carboxylic acids is 1. The van der Waals surface area contributed by atoms with Crippen LogP contribution in [0.25, 0.3) is 0 Å². The summed E-state index contributed by atoms with van der Waals surface area (Å²) in [5.41, 5.74) is 5.40. The molecule has 0 aromatic heterocycles. The van der Waals surface area contributed by atoms with Gasteiger partial charge < -0.3 is 5.73 Å². The Bertz CT molecular complexity index is 380. The van der Waals surface area contributed by atoms with Gasteiger partial charge in [-0.1, -0.05) is 30.3 Å². The number of primary amides is 1. The lowest BCUT2D eigenvalue weighted by atomic mass is 10.1. The van der Waals surface area contributed by atoms with E-state index in [9.17, 15) is 13.2 Å². The van der Waals surface area contributed by atoms with E-state index in [0.29, 0.717) is 5.56 Å². The SMILES string of the molecule is NC(=O)C(O[SH](=O)=O)c1ccccc1. The highest BCUT2D eigenvalue weighted by atomic mass is 32.2. The van der Waals surface area contributed by atoms with Crippen molar-refractivity contribution in [2.24, 2.45) is 5.73 Å². The summed E-state index contributed by atoms with van der Waals surface area (Å²) in [6.07, 6.45) is -1.24. The number of benzene rings is 1. The van der Waals surface area contributed by atoms with E-state index in [2.05, 4.69) is 4.18 Å². The molecule has 0 spiro atoms. The first-order chi connectivity index (χ1) is 6.61. The van der Waals surface area contributed by atoms with Gasteiger partial charge in [-0.3, -0.25) is 8.98 Å². The van der Waals surface area contributed by atoms with Crippen LogP contribution in [0.15, 0.2) is 30.3 Å². The van der Waals surface area contributed by atoms with Crippen molar-refractivity contribution in [2.75, 3.05) is 0 Å². The van der Waals surface area contributed by atoms with Gasteiger partial charge in [-0.15, -0.1) is 0 Å². The molecule has 0 aliphatic rings. The van der Waals surface area contributed by atoms with Gasteiger partial charge in [0.2, 0.25) is 0 Å². The molecule has 0 bridgehead atoms. The third kappa shape index (κ3) is 2.82. The number of nitrogens with two attached hydrogens (primary N) is 1. The monoisotopic (exact) mass is 215 g/mol. The molecule has 0 radical (unpaired) electrons. The van der Waals surface area contributed by atoms with Gasteiger partial charge in [-0.2, -0.15) is 0 Å². The molecule has 1 rings (SSSR count). The van der Waals surface area contributed by atoms with Crippen molar-refractivity contribution >= 4 is 16.9 Å². The normalized spacial score (nSPS) is 12.6. The van der Waals surface area contributed by atoms with Crippen LogP contribution in [0.2, 0.25) is 0 Å². The van der Waals surface area contributed by atoms with Crippen LogP contribution >= 0.6 is 0 Å². The van der Waals surface area contributed by atoms with E-state index < -0.39 is 23.0 Å². The van der Waals surface area contributed by atoms with Crippen molar-refractivity contribution in [2.45, 2.75) is 6.10 Å². The molecule has 0 aliphatic heterocycles. The minimum Gasteiger partial charge on any atom is -0.367 e. The van der Waals surface area contributed by atoms with E-state index in [1.165, 1.54) is 0 Å². The lowest BCUT2D eigenvalue weighted by Gasteiger charge is -2.09. The Morgan fingerprint density at radius 1 is 1.29 bits per heavy atom. The minimum atomic E-state index is -3.10. The molecule has 5 nitrogen and oxygen atoms in total. The van der Waals surface area contributed by atoms with Crippen molar-refractivity contribution in [1.29, 1.82) is 0 Å². The second-order valence-electron chi connectivity index (χ2n) is 2.52. The Morgan fingerprint density at radius 2 is 1.86 bits per heavy atom. The third-order valence-electron chi connectivity index (χ3n) is 1.55. The summed E-state index contributed by atoms with van der Waals surface area (Å²) in [5.74, 6) is -0.838. The van der Waals surface area contributed by atoms with Gasteiger partial charge in [0.25, 0.3) is 16.9 Å². The number of thiol groups is 1. The molecule has 1 aromatic carbocycles. The predicted molar refractivity (Wildman–Crippen MR) is 49.8 cm³/mol. The third-order valence-corrected chi connectivity index (χ3v) is 1.94. The van der Waals surface area contributed by atoms with Crippen LogP contribution < -0.4 is 5.73 Å². The summed E-state index contributed by atoms with van der Waals surface area (Å²) >= 11 is 0. The predicted octanol–water partition coefficient (Wildman–Crippen LogP) is -0.244. The minimum absolute atomic E-state index is 0.416. The standard InChI is InChI=1S/C8H9NO4S/c9-8(10)7(13-14(11)12)6-4-2-1-3-5-6/h1-5,7,14H,(H2,9,10). The Hall–Kier alpha value is -1.40. The fraction of sp³-hybridized carbons (Fsp3) is 0.125. The smallest absolute Gasteiger partial charge is 0.258 e. The van der Waals surface area contributed by atoms with Crippen LogP contribution in [0.4, 0.5) is 0 Å². The Morgan fingerprint density at radius 3 is 2.29 bits per heavy atom. The molecule has 1 aromatic rings. The van der Waals surface area contributed by atoms with Gasteiger partial charge >= 0.3 is 0 Å². The molecule has 0 heterocycles. The molecule has 0 saturated carbocycles. The zero-order valence-corrected chi connectivity index (χ0v) is 8.02. The highest BCUT2D eigenvalue weighted by Gasteiger charge is 2.19. The van der Waals surface area contributed by atoms with E-state index in [4.69, 9.17) is 5.73 Å². The number of hydrogen-bond donors (Lipinski definition) is 2. The fourth-order valence-corrected chi connectivity index (χ4v) is 1.39. The molecule has 6 heteroatoms. The van der Waals surface area contributed by atoms with Crippen LogP contribution in [0.3, 0.4) is 0 Å². The van der Waals surface area contributed by atoms with Crippen LogP contribution in [0.1, 0.15) is 11.7 Å². The molecule has 2 N–H and O–H groups in total. The first-order valence-electron chi connectivity index (χ1n) is 3.76. The molecule has 0 fully saturated rings. The highest BCUT2D eigenvalue weighted by molar-refractivity contribution is 7.67. The molecule has 0 aliphatic carbocycles. The fourth-order valence-electron chi connectivity index (χ4n) is 0.991. The van der Waals surface area contributed by atoms with Gasteiger partial charge in [0.15, 0.2) is 6.10 Å². The molecular weight excluding hydrogens is 206 g/mol. The van der Waals surface area contributed by atoms with Crippen molar-refractivity contribution in [3.63, 3.8) is 0 Å². The average molecular weight is 215 g/mol. The van der Waals surface area contributed by atoms with Gasteiger partial charge in [-0.25, -0.2) is 8.42 Å². The molecular formula is C8H9NO4S. The van der Waals surface area contributed by atoms with Crippen molar-refractivity contribution < 1.29 is 17.4 Å². The molecule has 0 saturated heterocycles. The second-order valence-corrected chi connectivity index (χ2v) is 3.18. The van der Waals surface area contributed by atoms with E-state index in [-0.39, 0.29) is 0 Å². The van der Waals surface area contributed by atoms with Crippen molar-refractivity contribution in [1.82, 2.24) is 0 Å². The summed E-state index contributed by atoms with van der Waals surface area (Å²) in [6.45, 7) is 0. The summed E-state index contributed by atoms with van der Waals surface area (Å²) < 4.78 is 25.0. The Kier molecular flexibility index (Phi) is 3.61. The van der Waals surface area contributed by atoms with Gasteiger partial charge in [-0.05, 0) is 5.56 Å². The summed E-state index contributed by atoms with van der Waals surface area (Å²) in [4.78, 5) is 10.9. The first-order valence-corrected chi connectivity index (χ1v) is 4.86. The highest BCUT2D eigenvalue weighted by Crippen LogP contribution is 2.16. The van der Waals surface area contributed by atoms with E-state index in [0.717, 1.165) is 0 Å². The summed E-state index contributed by atoms with van der Waals surface area (Å²) in [7, 11) is -3.10. The van der Waals surface area contributed by atoms with E-state index >= 15 is 0 Å². The van der Waals surface area contributed by atoms with Crippen LogP contribution in [0, 0.1) is 0 Å². The summed E-state index contributed by atoms with van der Waals surface area (Å²) in [6, 6.07) is 8.18.